The standard InChI is InChI=1S/C12H22N2O7S/c1-5(22)14-8-6(16)3-12(20-2,11(13)19)21-10(8)9(18)7(17)4-15/h6-10,15-18H,3-4H2,1-2H3,(H2,13,19)(H,14,22)/t6-,7+,8+,9+,10+,12+/m0/s1. The number of aliphatic hydroxyl groups excluding tert-OH is 4. The van der Waals surface area contributed by atoms with Gasteiger partial charge in [-0.2, -0.15) is 0 Å². The van der Waals surface area contributed by atoms with Gasteiger partial charge in [0.05, 0.1) is 23.7 Å². The van der Waals surface area contributed by atoms with Crippen LogP contribution in [-0.2, 0) is 14.3 Å². The third kappa shape index (κ3) is 3.90. The van der Waals surface area contributed by atoms with Crippen LogP contribution >= 0.6 is 12.2 Å². The highest BCUT2D eigenvalue weighted by Gasteiger charge is 2.53. The Morgan fingerprint density at radius 1 is 1.59 bits per heavy atom. The van der Waals surface area contributed by atoms with Gasteiger partial charge in [0, 0.05) is 13.5 Å². The smallest absolute Gasteiger partial charge is 0.277 e. The number of hydrogen-bond acceptors (Lipinski definition) is 8. The van der Waals surface area contributed by atoms with Crippen LogP contribution in [0.15, 0.2) is 0 Å². The summed E-state index contributed by atoms with van der Waals surface area (Å²) < 4.78 is 10.4. The molecule has 1 heterocycles. The molecule has 1 aliphatic heterocycles. The summed E-state index contributed by atoms with van der Waals surface area (Å²) in [5.74, 6) is -2.93. The van der Waals surface area contributed by atoms with Gasteiger partial charge in [0.15, 0.2) is 0 Å². The minimum Gasteiger partial charge on any atom is -0.394 e. The topological polar surface area (TPSA) is 154 Å². The highest BCUT2D eigenvalue weighted by Crippen LogP contribution is 2.32. The number of carbonyl (C=O) groups excluding carboxylic acids is 1. The van der Waals surface area contributed by atoms with Gasteiger partial charge in [-0.1, -0.05) is 12.2 Å². The van der Waals surface area contributed by atoms with Gasteiger partial charge in [0.1, 0.15) is 18.3 Å². The van der Waals surface area contributed by atoms with Gasteiger partial charge >= 0.3 is 0 Å². The van der Waals surface area contributed by atoms with E-state index in [2.05, 4.69) is 5.32 Å². The number of carbonyl (C=O) groups is 1. The lowest BCUT2D eigenvalue weighted by atomic mass is 9.88. The molecule has 6 atom stereocenters. The Morgan fingerprint density at radius 2 is 2.18 bits per heavy atom. The van der Waals surface area contributed by atoms with Crippen LogP contribution in [0.3, 0.4) is 0 Å². The number of hydrogen-bond donors (Lipinski definition) is 6. The average molecular weight is 338 g/mol. The van der Waals surface area contributed by atoms with Crippen LogP contribution in [0, 0.1) is 0 Å². The van der Waals surface area contributed by atoms with E-state index in [1.54, 1.807) is 6.92 Å². The van der Waals surface area contributed by atoms with E-state index >= 15 is 0 Å². The van der Waals surface area contributed by atoms with Gasteiger partial charge in [0.25, 0.3) is 11.7 Å². The third-order valence-electron chi connectivity index (χ3n) is 3.57. The molecule has 9 nitrogen and oxygen atoms in total. The molecule has 10 heteroatoms. The van der Waals surface area contributed by atoms with Crippen LogP contribution in [0.25, 0.3) is 0 Å². The summed E-state index contributed by atoms with van der Waals surface area (Å²) in [6.07, 6.45) is -5.94. The van der Waals surface area contributed by atoms with Gasteiger partial charge in [-0.05, 0) is 6.92 Å². The Balaban J connectivity index is 3.14. The molecule has 1 fully saturated rings. The summed E-state index contributed by atoms with van der Waals surface area (Å²) in [6.45, 7) is 0.817. The molecular formula is C12H22N2O7S. The van der Waals surface area contributed by atoms with E-state index in [0.717, 1.165) is 0 Å². The first-order valence-electron chi connectivity index (χ1n) is 6.63. The summed E-state index contributed by atoms with van der Waals surface area (Å²) in [4.78, 5) is 11.9. The fourth-order valence-electron chi connectivity index (χ4n) is 2.38. The van der Waals surface area contributed by atoms with Crippen LogP contribution in [0.2, 0.25) is 0 Å². The number of amides is 1. The Kier molecular flexibility index (Phi) is 6.62. The number of ether oxygens (including phenoxy) is 2. The van der Waals surface area contributed by atoms with E-state index < -0.39 is 48.8 Å². The summed E-state index contributed by atoms with van der Waals surface area (Å²) >= 11 is 4.91. The Labute approximate surface area is 133 Å². The monoisotopic (exact) mass is 338 g/mol. The van der Waals surface area contributed by atoms with Crippen molar-refractivity contribution in [2.75, 3.05) is 13.7 Å². The molecule has 1 saturated heterocycles. The van der Waals surface area contributed by atoms with Crippen molar-refractivity contribution in [3.63, 3.8) is 0 Å². The predicted molar refractivity (Wildman–Crippen MR) is 78.7 cm³/mol. The Morgan fingerprint density at radius 3 is 2.59 bits per heavy atom. The molecule has 128 valence electrons. The minimum atomic E-state index is -1.95. The van der Waals surface area contributed by atoms with E-state index in [9.17, 15) is 20.1 Å². The van der Waals surface area contributed by atoms with Crippen LogP contribution in [0.4, 0.5) is 0 Å². The molecule has 0 spiro atoms. The molecule has 0 aromatic rings. The highest BCUT2D eigenvalue weighted by atomic mass is 32.1. The second-order valence-corrected chi connectivity index (χ2v) is 5.75. The molecule has 0 radical (unpaired) electrons. The van der Waals surface area contributed by atoms with Crippen LogP contribution in [-0.4, -0.2) is 81.3 Å². The van der Waals surface area contributed by atoms with E-state index in [1.807, 2.05) is 0 Å². The lowest BCUT2D eigenvalue weighted by Gasteiger charge is -2.46. The molecule has 0 aliphatic carbocycles. The number of aliphatic hydroxyl groups is 4. The van der Waals surface area contributed by atoms with E-state index in [1.165, 1.54) is 7.11 Å². The number of rotatable bonds is 6. The number of primary amides is 1. The molecular weight excluding hydrogens is 316 g/mol. The van der Waals surface area contributed by atoms with E-state index in [-0.39, 0.29) is 6.42 Å². The molecule has 1 rings (SSSR count). The predicted octanol–water partition coefficient (Wildman–Crippen LogP) is -3.02. The summed E-state index contributed by atoms with van der Waals surface area (Å²) in [7, 11) is 1.17. The van der Waals surface area contributed by atoms with Crippen molar-refractivity contribution < 1.29 is 34.7 Å². The van der Waals surface area contributed by atoms with Gasteiger partial charge < -0.3 is 41.0 Å². The zero-order valence-corrected chi connectivity index (χ0v) is 13.1. The first-order valence-corrected chi connectivity index (χ1v) is 7.04. The van der Waals surface area contributed by atoms with E-state index in [4.69, 9.17) is 32.5 Å². The molecule has 0 aromatic heterocycles. The lowest BCUT2D eigenvalue weighted by Crippen LogP contribution is -2.68. The number of thiocarbonyl (C=S) groups is 1. The van der Waals surface area contributed by atoms with Crippen molar-refractivity contribution in [1.82, 2.24) is 5.32 Å². The highest BCUT2D eigenvalue weighted by molar-refractivity contribution is 7.80. The van der Waals surface area contributed by atoms with E-state index in [0.29, 0.717) is 4.99 Å². The van der Waals surface area contributed by atoms with Gasteiger partial charge in [-0.15, -0.1) is 0 Å². The number of nitrogens with two attached hydrogens (primary N) is 1. The van der Waals surface area contributed by atoms with Crippen LogP contribution in [0.5, 0.6) is 0 Å². The Hall–Kier alpha value is -0.880. The largest absolute Gasteiger partial charge is 0.394 e. The first-order chi connectivity index (χ1) is 10.2. The first kappa shape index (κ1) is 19.2. The van der Waals surface area contributed by atoms with Crippen molar-refractivity contribution in [2.45, 2.75) is 49.6 Å². The molecule has 7 N–H and O–H groups in total. The zero-order valence-electron chi connectivity index (χ0n) is 12.3. The maximum Gasteiger partial charge on any atom is 0.277 e. The summed E-state index contributed by atoms with van der Waals surface area (Å²) in [5, 5.41) is 41.7. The van der Waals surface area contributed by atoms with Crippen molar-refractivity contribution in [3.05, 3.63) is 0 Å². The molecule has 1 aliphatic rings. The second-order valence-electron chi connectivity index (χ2n) is 5.14. The Bertz CT molecular complexity index is 424. The van der Waals surface area contributed by atoms with Crippen molar-refractivity contribution in [1.29, 1.82) is 0 Å². The fourth-order valence-corrected chi connectivity index (χ4v) is 2.51. The minimum absolute atomic E-state index is 0.280. The van der Waals surface area contributed by atoms with Gasteiger partial charge in [-0.3, -0.25) is 4.79 Å². The van der Waals surface area contributed by atoms with Crippen LogP contribution < -0.4 is 11.1 Å². The van der Waals surface area contributed by atoms with Crippen molar-refractivity contribution >= 4 is 23.1 Å². The normalized spacial score (nSPS) is 34.7. The molecule has 0 saturated carbocycles. The van der Waals surface area contributed by atoms with Crippen molar-refractivity contribution in [3.8, 4) is 0 Å². The molecule has 22 heavy (non-hydrogen) atoms. The second kappa shape index (κ2) is 7.59. The summed E-state index contributed by atoms with van der Waals surface area (Å²) in [5.41, 5.74) is 5.25. The van der Waals surface area contributed by atoms with Crippen LogP contribution in [0.1, 0.15) is 13.3 Å². The SMILES string of the molecule is CO[C@]1(C(N)=O)C[C@H](O)[C@@H](NC(C)=S)[C@H]([C@H](O)[C@H](O)CO)O1. The molecule has 1 amide bonds. The molecule has 0 aromatic carbocycles. The zero-order chi connectivity index (χ0) is 17.1. The summed E-state index contributed by atoms with van der Waals surface area (Å²) in [6, 6.07) is -0.920. The third-order valence-corrected chi connectivity index (χ3v) is 3.68. The maximum absolute atomic E-state index is 11.6. The van der Waals surface area contributed by atoms with Gasteiger partial charge in [-0.25, -0.2) is 0 Å². The average Bonchev–Trinajstić information content (AvgIpc) is 2.46. The van der Waals surface area contributed by atoms with Gasteiger partial charge in [0.2, 0.25) is 0 Å². The molecule has 0 bridgehead atoms. The lowest BCUT2D eigenvalue weighted by molar-refractivity contribution is -0.294. The number of nitrogens with one attached hydrogen (secondary N) is 1. The quantitative estimate of drug-likeness (QED) is 0.278. The fraction of sp³-hybridized carbons (Fsp3) is 0.833. The number of methoxy groups -OCH3 is 1. The molecule has 0 unspecified atom stereocenters. The maximum atomic E-state index is 11.6. The van der Waals surface area contributed by atoms with Crippen molar-refractivity contribution in [2.24, 2.45) is 5.73 Å².